The molecule has 5 heteroatoms. The number of nitrogens with one attached hydrogen (secondary N) is 1. The number of rotatable bonds is 5. The number of piperazine rings is 1. The molecule has 0 spiro atoms. The highest BCUT2D eigenvalue weighted by Gasteiger charge is 2.34. The van der Waals surface area contributed by atoms with E-state index in [1.807, 2.05) is 6.07 Å². The third kappa shape index (κ3) is 2.88. The summed E-state index contributed by atoms with van der Waals surface area (Å²) in [6.07, 6.45) is 4.55. The summed E-state index contributed by atoms with van der Waals surface area (Å²) >= 11 is 0. The van der Waals surface area contributed by atoms with Gasteiger partial charge < -0.3 is 14.8 Å². The number of hydrogen-bond donors (Lipinski definition) is 1. The fourth-order valence-corrected chi connectivity index (χ4v) is 2.98. The lowest BCUT2D eigenvalue weighted by molar-refractivity contribution is 0.177. The Morgan fingerprint density at radius 1 is 1.35 bits per heavy atom. The molecule has 0 bridgehead atoms. The van der Waals surface area contributed by atoms with Gasteiger partial charge >= 0.3 is 0 Å². The summed E-state index contributed by atoms with van der Waals surface area (Å²) in [6, 6.07) is 2.49. The largest absolute Gasteiger partial charge is 0.493 e. The molecule has 0 amide bonds. The van der Waals surface area contributed by atoms with Gasteiger partial charge in [-0.25, -0.2) is 0 Å². The van der Waals surface area contributed by atoms with E-state index in [-0.39, 0.29) is 0 Å². The summed E-state index contributed by atoms with van der Waals surface area (Å²) < 4.78 is 10.8. The van der Waals surface area contributed by atoms with E-state index >= 15 is 0 Å². The fourth-order valence-electron chi connectivity index (χ4n) is 2.98. The van der Waals surface area contributed by atoms with Gasteiger partial charge in [0.05, 0.1) is 14.2 Å². The van der Waals surface area contributed by atoms with E-state index in [0.717, 1.165) is 49.3 Å². The maximum Gasteiger partial charge on any atom is 0.183 e. The summed E-state index contributed by atoms with van der Waals surface area (Å²) in [5.74, 6) is 2.40. The van der Waals surface area contributed by atoms with Crippen LogP contribution in [0.25, 0.3) is 0 Å². The maximum atomic E-state index is 5.47. The van der Waals surface area contributed by atoms with Crippen LogP contribution >= 0.6 is 0 Å². The average Bonchev–Trinajstić information content (AvgIpc) is 3.32. The Hall–Kier alpha value is -1.33. The molecular weight excluding hydrogens is 254 g/mol. The molecular formula is C15H23N3O2. The van der Waals surface area contributed by atoms with E-state index in [9.17, 15) is 0 Å². The van der Waals surface area contributed by atoms with Crippen molar-refractivity contribution >= 4 is 0 Å². The van der Waals surface area contributed by atoms with E-state index in [1.54, 1.807) is 20.4 Å². The van der Waals surface area contributed by atoms with Crippen LogP contribution in [0.15, 0.2) is 12.3 Å². The minimum absolute atomic E-state index is 0.653. The average molecular weight is 277 g/mol. The Morgan fingerprint density at radius 3 is 2.90 bits per heavy atom. The van der Waals surface area contributed by atoms with Crippen molar-refractivity contribution in [1.82, 2.24) is 15.2 Å². The van der Waals surface area contributed by atoms with Crippen LogP contribution in [-0.4, -0.2) is 49.8 Å². The molecule has 1 aromatic rings. The van der Waals surface area contributed by atoms with Crippen molar-refractivity contribution in [3.8, 4) is 11.5 Å². The second-order valence-corrected chi connectivity index (χ2v) is 5.63. The first-order valence-corrected chi connectivity index (χ1v) is 7.33. The second kappa shape index (κ2) is 5.97. The molecule has 2 aliphatic rings. The Labute approximate surface area is 120 Å². The zero-order chi connectivity index (χ0) is 13.9. The number of nitrogens with zero attached hydrogens (tertiary/aromatic N) is 2. The van der Waals surface area contributed by atoms with Crippen LogP contribution in [0.1, 0.15) is 18.5 Å². The van der Waals surface area contributed by atoms with Gasteiger partial charge in [-0.3, -0.25) is 9.88 Å². The van der Waals surface area contributed by atoms with Gasteiger partial charge in [-0.05, 0) is 18.8 Å². The van der Waals surface area contributed by atoms with Crippen LogP contribution in [0.5, 0.6) is 11.5 Å². The Balaban J connectivity index is 1.70. The van der Waals surface area contributed by atoms with E-state index in [1.165, 1.54) is 12.8 Å². The Morgan fingerprint density at radius 2 is 2.20 bits per heavy atom. The molecule has 1 aliphatic carbocycles. The second-order valence-electron chi connectivity index (χ2n) is 5.63. The van der Waals surface area contributed by atoms with Crippen LogP contribution in [0.4, 0.5) is 0 Å². The lowest BCUT2D eigenvalue weighted by Gasteiger charge is -2.33. The number of aromatic nitrogens is 1. The first-order valence-electron chi connectivity index (χ1n) is 7.33. The minimum atomic E-state index is 0.653. The van der Waals surface area contributed by atoms with Gasteiger partial charge in [0, 0.05) is 44.5 Å². The van der Waals surface area contributed by atoms with Crippen molar-refractivity contribution in [2.45, 2.75) is 25.4 Å². The van der Waals surface area contributed by atoms with Crippen LogP contribution in [0.3, 0.4) is 0 Å². The molecule has 1 aromatic heterocycles. The lowest BCUT2D eigenvalue weighted by atomic mass is 10.1. The van der Waals surface area contributed by atoms with Crippen molar-refractivity contribution in [3.63, 3.8) is 0 Å². The molecule has 2 heterocycles. The van der Waals surface area contributed by atoms with Gasteiger partial charge in [0.15, 0.2) is 11.5 Å². The van der Waals surface area contributed by atoms with E-state index in [2.05, 4.69) is 15.2 Å². The molecule has 5 nitrogen and oxygen atoms in total. The number of methoxy groups -OCH3 is 2. The molecule has 1 N–H and O–H groups in total. The van der Waals surface area contributed by atoms with Crippen molar-refractivity contribution in [2.24, 2.45) is 5.92 Å². The smallest absolute Gasteiger partial charge is 0.183 e. The van der Waals surface area contributed by atoms with Crippen molar-refractivity contribution in [2.75, 3.05) is 33.9 Å². The third-order valence-corrected chi connectivity index (χ3v) is 4.22. The molecule has 2 fully saturated rings. The van der Waals surface area contributed by atoms with Gasteiger partial charge in [-0.15, -0.1) is 0 Å². The van der Waals surface area contributed by atoms with Crippen molar-refractivity contribution < 1.29 is 9.47 Å². The Kier molecular flexibility index (Phi) is 4.08. The van der Waals surface area contributed by atoms with Gasteiger partial charge in [-0.1, -0.05) is 0 Å². The van der Waals surface area contributed by atoms with E-state index in [0.29, 0.717) is 6.04 Å². The predicted molar refractivity (Wildman–Crippen MR) is 77.1 cm³/mol. The molecule has 1 aliphatic heterocycles. The predicted octanol–water partition coefficient (Wildman–Crippen LogP) is 1.28. The SMILES string of the molecule is COc1ccnc(CN2CCNC(C3CC3)C2)c1OC. The number of ether oxygens (including phenoxy) is 2. The third-order valence-electron chi connectivity index (χ3n) is 4.22. The molecule has 1 saturated heterocycles. The highest BCUT2D eigenvalue weighted by molar-refractivity contribution is 5.42. The van der Waals surface area contributed by atoms with Gasteiger partial charge in [-0.2, -0.15) is 0 Å². The maximum absolute atomic E-state index is 5.47. The van der Waals surface area contributed by atoms with Gasteiger partial charge in [0.2, 0.25) is 0 Å². The molecule has 20 heavy (non-hydrogen) atoms. The van der Waals surface area contributed by atoms with Crippen LogP contribution < -0.4 is 14.8 Å². The zero-order valence-corrected chi connectivity index (χ0v) is 12.3. The summed E-state index contributed by atoms with van der Waals surface area (Å²) in [7, 11) is 3.34. The van der Waals surface area contributed by atoms with Crippen molar-refractivity contribution in [3.05, 3.63) is 18.0 Å². The molecule has 1 saturated carbocycles. The highest BCUT2D eigenvalue weighted by Crippen LogP contribution is 2.34. The summed E-state index contributed by atoms with van der Waals surface area (Å²) in [5.41, 5.74) is 0.961. The molecule has 110 valence electrons. The molecule has 1 atom stereocenters. The van der Waals surface area contributed by atoms with Gasteiger partial charge in [0.25, 0.3) is 0 Å². The Bertz CT molecular complexity index is 462. The van der Waals surface area contributed by atoms with Crippen LogP contribution in [0.2, 0.25) is 0 Å². The normalized spacial score (nSPS) is 23.6. The van der Waals surface area contributed by atoms with E-state index in [4.69, 9.17) is 9.47 Å². The fraction of sp³-hybridized carbons (Fsp3) is 0.667. The van der Waals surface area contributed by atoms with Gasteiger partial charge in [0.1, 0.15) is 5.69 Å². The standard InChI is InChI=1S/C15H23N3O2/c1-19-14-5-6-16-13(15(14)20-2)10-18-8-7-17-12(9-18)11-3-4-11/h5-6,11-12,17H,3-4,7-10H2,1-2H3. The molecule has 0 radical (unpaired) electrons. The zero-order valence-electron chi connectivity index (χ0n) is 12.3. The van der Waals surface area contributed by atoms with Crippen molar-refractivity contribution in [1.29, 1.82) is 0 Å². The van der Waals surface area contributed by atoms with Crippen LogP contribution in [-0.2, 0) is 6.54 Å². The van der Waals surface area contributed by atoms with E-state index < -0.39 is 0 Å². The quantitative estimate of drug-likeness (QED) is 0.878. The molecule has 1 unspecified atom stereocenters. The van der Waals surface area contributed by atoms with Crippen LogP contribution in [0, 0.1) is 5.92 Å². The molecule has 0 aromatic carbocycles. The topological polar surface area (TPSA) is 46.6 Å². The summed E-state index contributed by atoms with van der Waals surface area (Å²) in [6.45, 7) is 4.05. The summed E-state index contributed by atoms with van der Waals surface area (Å²) in [4.78, 5) is 6.93. The lowest BCUT2D eigenvalue weighted by Crippen LogP contribution is -2.51. The molecule has 3 rings (SSSR count). The summed E-state index contributed by atoms with van der Waals surface area (Å²) in [5, 5.41) is 3.63. The monoisotopic (exact) mass is 277 g/mol. The highest BCUT2D eigenvalue weighted by atomic mass is 16.5. The number of hydrogen-bond acceptors (Lipinski definition) is 5. The first kappa shape index (κ1) is 13.6. The number of pyridine rings is 1. The minimum Gasteiger partial charge on any atom is -0.493 e. The first-order chi connectivity index (χ1) is 9.81.